The smallest absolute Gasteiger partial charge is 0.275 e. The number of nitrogens with zero attached hydrogens (tertiary/aromatic N) is 3. The second kappa shape index (κ2) is 6.40. The fourth-order valence-corrected chi connectivity index (χ4v) is 4.01. The maximum absolute atomic E-state index is 12.3. The summed E-state index contributed by atoms with van der Waals surface area (Å²) in [4.78, 5) is 26.3. The zero-order valence-electron chi connectivity index (χ0n) is 13.6. The van der Waals surface area contributed by atoms with Crippen LogP contribution in [0.15, 0.2) is 5.38 Å². The number of likely N-dealkylation sites (tertiary alicyclic amines) is 1. The Kier molecular flexibility index (Phi) is 4.26. The van der Waals surface area contributed by atoms with E-state index in [0.717, 1.165) is 32.2 Å². The Morgan fingerprint density at radius 3 is 2.75 bits per heavy atom. The molecule has 0 radical (unpaired) electrons. The van der Waals surface area contributed by atoms with Gasteiger partial charge in [0.25, 0.3) is 5.91 Å². The molecule has 8 heteroatoms. The van der Waals surface area contributed by atoms with Crippen LogP contribution in [0.3, 0.4) is 0 Å². The second-order valence-electron chi connectivity index (χ2n) is 7.10. The van der Waals surface area contributed by atoms with Gasteiger partial charge < -0.3 is 15.0 Å². The molecule has 1 spiro atoms. The van der Waals surface area contributed by atoms with Crippen molar-refractivity contribution in [2.75, 3.05) is 19.6 Å². The summed E-state index contributed by atoms with van der Waals surface area (Å²) in [5, 5.41) is 8.54. The van der Waals surface area contributed by atoms with Crippen LogP contribution in [0.2, 0.25) is 0 Å². The Labute approximate surface area is 144 Å². The largest absolute Gasteiger partial charge is 0.362 e. The molecule has 3 fully saturated rings. The highest BCUT2D eigenvalue weighted by Crippen LogP contribution is 2.39. The molecular formula is C16H22N4O3S. The number of ether oxygens (including phenoxy) is 1. The molecule has 24 heavy (non-hydrogen) atoms. The van der Waals surface area contributed by atoms with E-state index in [1.807, 2.05) is 4.90 Å². The van der Waals surface area contributed by atoms with Crippen LogP contribution >= 0.6 is 11.5 Å². The van der Waals surface area contributed by atoms with E-state index in [-0.39, 0.29) is 23.5 Å². The third-order valence-corrected chi connectivity index (χ3v) is 5.85. The predicted octanol–water partition coefficient (Wildman–Crippen LogP) is 1.22. The van der Waals surface area contributed by atoms with Crippen molar-refractivity contribution in [1.29, 1.82) is 0 Å². The number of carbonyl (C=O) groups excluding carboxylic acids is 2. The van der Waals surface area contributed by atoms with Crippen LogP contribution in [0.4, 0.5) is 0 Å². The summed E-state index contributed by atoms with van der Waals surface area (Å²) < 4.78 is 9.89. The molecule has 2 amide bonds. The fraction of sp³-hybridized carbons (Fsp3) is 0.750. The molecule has 4 rings (SSSR count). The van der Waals surface area contributed by atoms with E-state index in [4.69, 9.17) is 4.74 Å². The van der Waals surface area contributed by atoms with Gasteiger partial charge in [0, 0.05) is 25.0 Å². The first-order chi connectivity index (χ1) is 11.7. The fourth-order valence-electron chi connectivity index (χ4n) is 3.58. The third-order valence-electron chi connectivity index (χ3n) is 5.35. The highest BCUT2D eigenvalue weighted by molar-refractivity contribution is 7.03. The van der Waals surface area contributed by atoms with Gasteiger partial charge in [-0.05, 0) is 56.0 Å². The monoisotopic (exact) mass is 350 g/mol. The minimum absolute atomic E-state index is 0.0332. The first-order valence-electron chi connectivity index (χ1n) is 8.67. The number of amides is 2. The second-order valence-corrected chi connectivity index (χ2v) is 7.71. The highest BCUT2D eigenvalue weighted by Gasteiger charge is 2.45. The zero-order chi connectivity index (χ0) is 16.6. The van der Waals surface area contributed by atoms with Gasteiger partial charge in [-0.15, -0.1) is 5.10 Å². The van der Waals surface area contributed by atoms with Crippen LogP contribution in [-0.2, 0) is 9.53 Å². The number of nitrogens with one attached hydrogen (secondary N) is 1. The number of hydrogen-bond acceptors (Lipinski definition) is 6. The number of carbonyl (C=O) groups is 2. The zero-order valence-corrected chi connectivity index (χ0v) is 14.4. The number of piperidine rings is 1. The standard InChI is InChI=1S/C16H22N4O3S/c21-14(17-9-11-1-2-11)13-3-4-16(23-13)5-7-20(8-6-16)15(22)12-10-24-19-18-12/h10-11,13H,1-9H2,(H,17,21). The lowest BCUT2D eigenvalue weighted by molar-refractivity contribution is -0.140. The molecule has 3 heterocycles. The van der Waals surface area contributed by atoms with Gasteiger partial charge in [0.2, 0.25) is 5.91 Å². The third kappa shape index (κ3) is 3.30. The lowest BCUT2D eigenvalue weighted by atomic mass is 9.88. The molecule has 0 bridgehead atoms. The maximum Gasteiger partial charge on any atom is 0.275 e. The molecule has 1 N–H and O–H groups in total. The first-order valence-corrected chi connectivity index (χ1v) is 9.51. The summed E-state index contributed by atoms with van der Waals surface area (Å²) in [5.41, 5.74) is 0.180. The molecule has 0 aromatic carbocycles. The highest BCUT2D eigenvalue weighted by atomic mass is 32.1. The maximum atomic E-state index is 12.3. The molecule has 130 valence electrons. The summed E-state index contributed by atoms with van der Waals surface area (Å²) in [7, 11) is 0. The molecule has 2 saturated heterocycles. The lowest BCUT2D eigenvalue weighted by Crippen LogP contribution is -2.47. The first kappa shape index (κ1) is 16.0. The minimum atomic E-state index is -0.325. The van der Waals surface area contributed by atoms with E-state index in [2.05, 4.69) is 14.9 Å². The SMILES string of the molecule is O=C(NCC1CC1)C1CCC2(CCN(C(=O)c3csnn3)CC2)O1. The van der Waals surface area contributed by atoms with E-state index < -0.39 is 0 Å². The summed E-state index contributed by atoms with van der Waals surface area (Å²) in [6.45, 7) is 2.08. The number of aromatic nitrogens is 2. The molecule has 1 saturated carbocycles. The van der Waals surface area contributed by atoms with Gasteiger partial charge in [0.05, 0.1) is 5.60 Å². The van der Waals surface area contributed by atoms with Crippen molar-refractivity contribution in [2.45, 2.75) is 50.2 Å². The van der Waals surface area contributed by atoms with Crippen LogP contribution in [0.1, 0.15) is 49.0 Å². The quantitative estimate of drug-likeness (QED) is 0.882. The average Bonchev–Trinajstić information content (AvgIpc) is 3.09. The van der Waals surface area contributed by atoms with Gasteiger partial charge in [0.1, 0.15) is 6.10 Å². The van der Waals surface area contributed by atoms with Gasteiger partial charge >= 0.3 is 0 Å². The molecule has 1 aliphatic carbocycles. The van der Waals surface area contributed by atoms with E-state index >= 15 is 0 Å². The van der Waals surface area contributed by atoms with Gasteiger partial charge in [-0.3, -0.25) is 9.59 Å². The summed E-state index contributed by atoms with van der Waals surface area (Å²) in [6.07, 6.45) is 5.37. The van der Waals surface area contributed by atoms with Crippen molar-refractivity contribution >= 4 is 23.3 Å². The molecule has 1 unspecified atom stereocenters. The van der Waals surface area contributed by atoms with Crippen LogP contribution in [0.25, 0.3) is 0 Å². The van der Waals surface area contributed by atoms with Crippen molar-refractivity contribution in [2.24, 2.45) is 5.92 Å². The van der Waals surface area contributed by atoms with Crippen LogP contribution in [0, 0.1) is 5.92 Å². The molecule has 7 nitrogen and oxygen atoms in total. The van der Waals surface area contributed by atoms with Crippen molar-refractivity contribution in [3.8, 4) is 0 Å². The Morgan fingerprint density at radius 1 is 1.29 bits per heavy atom. The Hall–Kier alpha value is -1.54. The summed E-state index contributed by atoms with van der Waals surface area (Å²) in [6, 6.07) is 0. The van der Waals surface area contributed by atoms with E-state index in [0.29, 0.717) is 24.7 Å². The predicted molar refractivity (Wildman–Crippen MR) is 87.6 cm³/mol. The topological polar surface area (TPSA) is 84.4 Å². The minimum Gasteiger partial charge on any atom is -0.362 e. The van der Waals surface area contributed by atoms with Gasteiger partial charge in [-0.25, -0.2) is 0 Å². The number of rotatable bonds is 4. The van der Waals surface area contributed by atoms with Crippen LogP contribution in [-0.4, -0.2) is 57.6 Å². The van der Waals surface area contributed by atoms with Gasteiger partial charge in [-0.2, -0.15) is 0 Å². The normalized spacial score (nSPS) is 25.8. The summed E-state index contributed by atoms with van der Waals surface area (Å²) in [5.74, 6) is 0.653. The van der Waals surface area contributed by atoms with Crippen molar-refractivity contribution in [1.82, 2.24) is 19.8 Å². The van der Waals surface area contributed by atoms with Crippen LogP contribution in [0.5, 0.6) is 0 Å². The Balaban J connectivity index is 1.29. The molecule has 2 aliphatic heterocycles. The van der Waals surface area contributed by atoms with Crippen molar-refractivity contribution in [3.63, 3.8) is 0 Å². The Morgan fingerprint density at radius 2 is 2.08 bits per heavy atom. The molecule has 1 aromatic heterocycles. The van der Waals surface area contributed by atoms with E-state index in [1.165, 1.54) is 24.4 Å². The van der Waals surface area contributed by atoms with Crippen molar-refractivity contribution in [3.05, 3.63) is 11.1 Å². The molecule has 1 aromatic rings. The van der Waals surface area contributed by atoms with Gasteiger partial charge in [0.15, 0.2) is 5.69 Å². The number of hydrogen-bond donors (Lipinski definition) is 1. The van der Waals surface area contributed by atoms with E-state index in [1.54, 1.807) is 5.38 Å². The van der Waals surface area contributed by atoms with E-state index in [9.17, 15) is 9.59 Å². The van der Waals surface area contributed by atoms with Gasteiger partial charge in [-0.1, -0.05) is 4.49 Å². The summed E-state index contributed by atoms with van der Waals surface area (Å²) >= 11 is 1.19. The molecular weight excluding hydrogens is 328 g/mol. The average molecular weight is 350 g/mol. The Bertz CT molecular complexity index is 609. The lowest BCUT2D eigenvalue weighted by Gasteiger charge is -2.38. The molecule has 1 atom stereocenters. The van der Waals surface area contributed by atoms with Crippen molar-refractivity contribution < 1.29 is 14.3 Å². The van der Waals surface area contributed by atoms with Crippen LogP contribution < -0.4 is 5.32 Å². The molecule has 3 aliphatic rings.